The standard InChI is InChI=1S/C25H26N6O2/c1-2-4-19(5-3-1)21-6-9-31(29-21)25-27-22-16-20(18-7-12-32-13-8-18)17-26-23(22)24(28-25)30-10-14-33-15-11-30/h1-6,9,16-18H,7-8,10-15H2. The van der Waals surface area contributed by atoms with E-state index in [-0.39, 0.29) is 0 Å². The Morgan fingerprint density at radius 1 is 0.879 bits per heavy atom. The highest BCUT2D eigenvalue weighted by molar-refractivity contribution is 5.86. The van der Waals surface area contributed by atoms with Crippen LogP contribution in [0.3, 0.4) is 0 Å². The molecule has 2 aliphatic rings. The molecule has 0 spiro atoms. The summed E-state index contributed by atoms with van der Waals surface area (Å²) in [6, 6.07) is 14.3. The summed E-state index contributed by atoms with van der Waals surface area (Å²) in [6.07, 6.45) is 5.94. The summed E-state index contributed by atoms with van der Waals surface area (Å²) in [6.45, 7) is 4.52. The van der Waals surface area contributed by atoms with Crippen LogP contribution < -0.4 is 4.90 Å². The molecule has 0 saturated carbocycles. The maximum atomic E-state index is 5.56. The molecule has 8 nitrogen and oxygen atoms in total. The van der Waals surface area contributed by atoms with Crippen molar-refractivity contribution in [1.29, 1.82) is 0 Å². The molecule has 0 radical (unpaired) electrons. The molecule has 0 aliphatic carbocycles. The topological polar surface area (TPSA) is 78.2 Å². The molecular formula is C25H26N6O2. The van der Waals surface area contributed by atoms with E-state index in [2.05, 4.69) is 23.1 Å². The number of ether oxygens (including phenoxy) is 2. The first-order valence-electron chi connectivity index (χ1n) is 11.5. The highest BCUT2D eigenvalue weighted by Gasteiger charge is 2.22. The minimum atomic E-state index is 0.454. The number of hydrogen-bond donors (Lipinski definition) is 0. The lowest BCUT2D eigenvalue weighted by molar-refractivity contribution is 0.0853. The number of aromatic nitrogens is 5. The van der Waals surface area contributed by atoms with Crippen LogP contribution in [0.1, 0.15) is 24.3 Å². The zero-order chi connectivity index (χ0) is 22.0. The molecule has 168 valence electrons. The first-order chi connectivity index (χ1) is 16.3. The third kappa shape index (κ3) is 4.07. The minimum absolute atomic E-state index is 0.454. The Morgan fingerprint density at radius 2 is 1.67 bits per heavy atom. The Kier molecular flexibility index (Phi) is 5.45. The third-order valence-corrected chi connectivity index (χ3v) is 6.39. The summed E-state index contributed by atoms with van der Waals surface area (Å²) in [5.74, 6) is 1.85. The first-order valence-corrected chi connectivity index (χ1v) is 11.5. The Morgan fingerprint density at radius 3 is 2.48 bits per heavy atom. The van der Waals surface area contributed by atoms with Crippen molar-refractivity contribution in [3.8, 4) is 17.2 Å². The summed E-state index contributed by atoms with van der Waals surface area (Å²) in [7, 11) is 0. The molecule has 0 N–H and O–H groups in total. The van der Waals surface area contributed by atoms with Crippen LogP contribution in [0.4, 0.5) is 5.82 Å². The predicted molar refractivity (Wildman–Crippen MR) is 126 cm³/mol. The molecule has 2 aliphatic heterocycles. The molecule has 3 aromatic heterocycles. The monoisotopic (exact) mass is 442 g/mol. The van der Waals surface area contributed by atoms with Crippen molar-refractivity contribution in [1.82, 2.24) is 24.7 Å². The molecule has 1 aromatic carbocycles. The number of morpholine rings is 1. The van der Waals surface area contributed by atoms with Gasteiger partial charge in [-0.3, -0.25) is 4.98 Å². The van der Waals surface area contributed by atoms with Gasteiger partial charge >= 0.3 is 0 Å². The van der Waals surface area contributed by atoms with Crippen LogP contribution in [0, 0.1) is 0 Å². The quantitative estimate of drug-likeness (QED) is 0.478. The van der Waals surface area contributed by atoms with Gasteiger partial charge in [-0.1, -0.05) is 30.3 Å². The van der Waals surface area contributed by atoms with Crippen molar-refractivity contribution in [2.75, 3.05) is 44.4 Å². The molecule has 2 fully saturated rings. The number of nitrogens with zero attached hydrogens (tertiary/aromatic N) is 6. The van der Waals surface area contributed by atoms with Gasteiger partial charge in [-0.05, 0) is 36.5 Å². The van der Waals surface area contributed by atoms with Gasteiger partial charge in [0.2, 0.25) is 0 Å². The molecule has 5 heterocycles. The summed E-state index contributed by atoms with van der Waals surface area (Å²) >= 11 is 0. The average molecular weight is 443 g/mol. The van der Waals surface area contributed by atoms with Gasteiger partial charge in [0.05, 0.1) is 24.4 Å². The van der Waals surface area contributed by atoms with Crippen LogP contribution in [0.5, 0.6) is 0 Å². The van der Waals surface area contributed by atoms with Crippen molar-refractivity contribution >= 4 is 16.9 Å². The van der Waals surface area contributed by atoms with Crippen LogP contribution >= 0.6 is 0 Å². The second kappa shape index (κ2) is 8.88. The molecule has 6 rings (SSSR count). The largest absolute Gasteiger partial charge is 0.381 e. The van der Waals surface area contributed by atoms with Crippen LogP contribution in [-0.2, 0) is 9.47 Å². The number of benzene rings is 1. The van der Waals surface area contributed by atoms with Crippen molar-refractivity contribution < 1.29 is 9.47 Å². The fourth-order valence-corrected chi connectivity index (χ4v) is 4.56. The van der Waals surface area contributed by atoms with Gasteiger partial charge in [-0.2, -0.15) is 10.1 Å². The number of rotatable bonds is 4. The van der Waals surface area contributed by atoms with E-state index in [0.29, 0.717) is 25.1 Å². The van der Waals surface area contributed by atoms with E-state index in [9.17, 15) is 0 Å². The van der Waals surface area contributed by atoms with Crippen LogP contribution in [-0.4, -0.2) is 64.2 Å². The van der Waals surface area contributed by atoms with E-state index in [1.165, 1.54) is 5.56 Å². The van der Waals surface area contributed by atoms with Crippen molar-refractivity contribution in [2.24, 2.45) is 0 Å². The molecule has 0 amide bonds. The maximum Gasteiger partial charge on any atom is 0.253 e. The minimum Gasteiger partial charge on any atom is -0.381 e. The van der Waals surface area contributed by atoms with Gasteiger partial charge in [0, 0.05) is 44.3 Å². The lowest BCUT2D eigenvalue weighted by Crippen LogP contribution is -2.37. The fourth-order valence-electron chi connectivity index (χ4n) is 4.56. The third-order valence-electron chi connectivity index (χ3n) is 6.39. The van der Waals surface area contributed by atoms with E-state index in [4.69, 9.17) is 29.5 Å². The molecule has 2 saturated heterocycles. The molecule has 0 unspecified atom stereocenters. The normalized spacial score (nSPS) is 17.5. The van der Waals surface area contributed by atoms with E-state index < -0.39 is 0 Å². The van der Waals surface area contributed by atoms with Crippen molar-refractivity contribution in [3.05, 3.63) is 60.4 Å². The van der Waals surface area contributed by atoms with Crippen LogP contribution in [0.15, 0.2) is 54.9 Å². The number of hydrogen-bond acceptors (Lipinski definition) is 7. The predicted octanol–water partition coefficient (Wildman–Crippen LogP) is 3.61. The van der Waals surface area contributed by atoms with Gasteiger partial charge in [0.25, 0.3) is 5.95 Å². The molecule has 0 bridgehead atoms. The summed E-state index contributed by atoms with van der Waals surface area (Å²) < 4.78 is 12.9. The van der Waals surface area contributed by atoms with Gasteiger partial charge in [0.1, 0.15) is 5.52 Å². The summed E-state index contributed by atoms with van der Waals surface area (Å²) in [5, 5.41) is 4.77. The smallest absolute Gasteiger partial charge is 0.253 e. The number of anilines is 1. The van der Waals surface area contributed by atoms with E-state index in [1.54, 1.807) is 4.68 Å². The second-order valence-electron chi connectivity index (χ2n) is 8.48. The summed E-state index contributed by atoms with van der Waals surface area (Å²) in [5.41, 5.74) is 4.85. The van der Waals surface area contributed by atoms with Gasteiger partial charge < -0.3 is 14.4 Å². The summed E-state index contributed by atoms with van der Waals surface area (Å²) in [4.78, 5) is 16.9. The highest BCUT2D eigenvalue weighted by Crippen LogP contribution is 2.31. The van der Waals surface area contributed by atoms with E-state index in [0.717, 1.165) is 67.3 Å². The van der Waals surface area contributed by atoms with Crippen LogP contribution in [0.25, 0.3) is 28.2 Å². The lowest BCUT2D eigenvalue weighted by Gasteiger charge is -2.28. The van der Waals surface area contributed by atoms with Gasteiger partial charge in [0.15, 0.2) is 5.82 Å². The van der Waals surface area contributed by atoms with Crippen molar-refractivity contribution in [2.45, 2.75) is 18.8 Å². The number of pyridine rings is 1. The zero-order valence-electron chi connectivity index (χ0n) is 18.4. The zero-order valence-corrected chi connectivity index (χ0v) is 18.4. The Bertz CT molecular complexity index is 1250. The Labute approximate surface area is 192 Å². The first kappa shape index (κ1) is 20.3. The molecule has 0 atom stereocenters. The Balaban J connectivity index is 1.44. The second-order valence-corrected chi connectivity index (χ2v) is 8.48. The van der Waals surface area contributed by atoms with Crippen LogP contribution in [0.2, 0.25) is 0 Å². The maximum absolute atomic E-state index is 5.56. The van der Waals surface area contributed by atoms with Gasteiger partial charge in [-0.25, -0.2) is 9.67 Å². The molecule has 8 heteroatoms. The fraction of sp³-hybridized carbons (Fsp3) is 0.360. The van der Waals surface area contributed by atoms with Gasteiger partial charge in [-0.15, -0.1) is 0 Å². The lowest BCUT2D eigenvalue weighted by atomic mass is 9.93. The molecular weight excluding hydrogens is 416 g/mol. The molecule has 4 aromatic rings. The Hall–Kier alpha value is -3.36. The van der Waals surface area contributed by atoms with E-state index in [1.807, 2.05) is 36.7 Å². The highest BCUT2D eigenvalue weighted by atomic mass is 16.5. The average Bonchev–Trinajstić information content (AvgIpc) is 3.40. The van der Waals surface area contributed by atoms with Crippen molar-refractivity contribution in [3.63, 3.8) is 0 Å². The van der Waals surface area contributed by atoms with E-state index >= 15 is 0 Å². The molecule has 33 heavy (non-hydrogen) atoms. The number of fused-ring (bicyclic) bond motifs is 1. The SMILES string of the molecule is c1ccc(-c2ccn(-c3nc(N4CCOCC4)c4ncc(C5CCOCC5)cc4n3)n2)cc1.